The molecule has 21 heavy (non-hydrogen) atoms. The molecule has 0 fully saturated rings. The van der Waals surface area contributed by atoms with Crippen LogP contribution in [0, 0.1) is 23.5 Å². The zero-order valence-corrected chi connectivity index (χ0v) is 13.2. The van der Waals surface area contributed by atoms with Crippen LogP contribution in [0.2, 0.25) is 0 Å². The Bertz CT molecular complexity index is 452. The monoisotopic (exact) mass is 297 g/mol. The van der Waals surface area contributed by atoms with E-state index >= 15 is 0 Å². The Hall–Kier alpha value is -1.45. The van der Waals surface area contributed by atoms with E-state index in [0.29, 0.717) is 24.3 Å². The number of hydrogen-bond acceptors (Lipinski definition) is 1. The minimum Gasteiger partial charge on any atom is -0.354 e. The predicted octanol–water partition coefficient (Wildman–Crippen LogP) is 4.08. The molecule has 1 N–H and O–H groups in total. The molecule has 1 rings (SSSR count). The molecule has 1 unspecified atom stereocenters. The minimum absolute atomic E-state index is 0.0237. The third-order valence-corrected chi connectivity index (χ3v) is 3.26. The Labute approximate surface area is 125 Å². The molecule has 0 saturated heterocycles. The minimum atomic E-state index is -0.572. The molecular formula is C17H25F2NO. The number of carbonyl (C=O) groups is 1. The van der Waals surface area contributed by atoms with E-state index < -0.39 is 11.6 Å². The zero-order valence-electron chi connectivity index (χ0n) is 13.2. The Balaban J connectivity index is 2.70. The van der Waals surface area contributed by atoms with E-state index in [0.717, 1.165) is 12.5 Å². The van der Waals surface area contributed by atoms with Crippen molar-refractivity contribution in [2.45, 2.75) is 53.0 Å². The molecule has 118 valence electrons. The molecule has 0 spiro atoms. The molecular weight excluding hydrogens is 272 g/mol. The highest BCUT2D eigenvalue weighted by molar-refractivity contribution is 5.78. The topological polar surface area (TPSA) is 29.1 Å². The SMILES string of the molecule is CC(C)CC(CCc1cc(F)cc(F)c1)C(=O)NC(C)C. The van der Waals surface area contributed by atoms with Crippen LogP contribution in [0.25, 0.3) is 0 Å². The molecule has 2 nitrogen and oxygen atoms in total. The van der Waals surface area contributed by atoms with Crippen LogP contribution in [-0.4, -0.2) is 11.9 Å². The van der Waals surface area contributed by atoms with Gasteiger partial charge in [-0.25, -0.2) is 8.78 Å². The molecule has 1 aromatic rings. The van der Waals surface area contributed by atoms with E-state index in [9.17, 15) is 13.6 Å². The number of benzene rings is 1. The lowest BCUT2D eigenvalue weighted by molar-refractivity contribution is -0.126. The van der Waals surface area contributed by atoms with E-state index in [1.807, 2.05) is 13.8 Å². The molecule has 0 aromatic heterocycles. The van der Waals surface area contributed by atoms with Crippen molar-refractivity contribution in [1.29, 1.82) is 0 Å². The van der Waals surface area contributed by atoms with Gasteiger partial charge in [0.1, 0.15) is 11.6 Å². The van der Waals surface area contributed by atoms with Crippen LogP contribution in [-0.2, 0) is 11.2 Å². The lowest BCUT2D eigenvalue weighted by Crippen LogP contribution is -2.36. The molecule has 0 saturated carbocycles. The van der Waals surface area contributed by atoms with Crippen molar-refractivity contribution in [3.05, 3.63) is 35.4 Å². The van der Waals surface area contributed by atoms with Crippen molar-refractivity contribution in [3.8, 4) is 0 Å². The van der Waals surface area contributed by atoms with Gasteiger partial charge in [-0.1, -0.05) is 13.8 Å². The maximum Gasteiger partial charge on any atom is 0.223 e. The summed E-state index contributed by atoms with van der Waals surface area (Å²) in [6.45, 7) is 7.98. The normalized spacial score (nSPS) is 12.8. The second-order valence-corrected chi connectivity index (χ2v) is 6.31. The Morgan fingerprint density at radius 3 is 2.14 bits per heavy atom. The van der Waals surface area contributed by atoms with Crippen LogP contribution in [0.5, 0.6) is 0 Å². The van der Waals surface area contributed by atoms with Crippen LogP contribution in [0.4, 0.5) is 8.78 Å². The van der Waals surface area contributed by atoms with Gasteiger partial charge in [-0.05, 0) is 56.7 Å². The van der Waals surface area contributed by atoms with E-state index in [-0.39, 0.29) is 17.9 Å². The standard InChI is InChI=1S/C17H25F2NO/c1-11(2)7-14(17(21)20-12(3)4)6-5-13-8-15(18)10-16(19)9-13/h8-12,14H,5-7H2,1-4H3,(H,20,21). The van der Waals surface area contributed by atoms with Gasteiger partial charge in [0.15, 0.2) is 0 Å². The third kappa shape index (κ3) is 6.69. The molecule has 1 amide bonds. The molecule has 0 bridgehead atoms. The highest BCUT2D eigenvalue weighted by Crippen LogP contribution is 2.20. The molecule has 1 aromatic carbocycles. The first-order chi connectivity index (χ1) is 9.77. The summed E-state index contributed by atoms with van der Waals surface area (Å²) >= 11 is 0. The van der Waals surface area contributed by atoms with Crippen LogP contribution in [0.15, 0.2) is 18.2 Å². The summed E-state index contributed by atoms with van der Waals surface area (Å²) in [4.78, 5) is 12.2. The van der Waals surface area contributed by atoms with Crippen LogP contribution in [0.3, 0.4) is 0 Å². The Morgan fingerprint density at radius 2 is 1.67 bits per heavy atom. The quantitative estimate of drug-likeness (QED) is 0.807. The first-order valence-electron chi connectivity index (χ1n) is 7.53. The smallest absolute Gasteiger partial charge is 0.223 e. The summed E-state index contributed by atoms with van der Waals surface area (Å²) in [7, 11) is 0. The van der Waals surface area contributed by atoms with Gasteiger partial charge in [0.2, 0.25) is 5.91 Å². The Kier molecular flexibility index (Phi) is 6.79. The van der Waals surface area contributed by atoms with Gasteiger partial charge in [0, 0.05) is 18.0 Å². The van der Waals surface area contributed by atoms with Gasteiger partial charge in [-0.2, -0.15) is 0 Å². The van der Waals surface area contributed by atoms with Gasteiger partial charge < -0.3 is 5.32 Å². The highest BCUT2D eigenvalue weighted by Gasteiger charge is 2.20. The van der Waals surface area contributed by atoms with Gasteiger partial charge in [0.25, 0.3) is 0 Å². The fourth-order valence-corrected chi connectivity index (χ4v) is 2.42. The number of amides is 1. The number of halogens is 2. The molecule has 0 aliphatic rings. The first-order valence-corrected chi connectivity index (χ1v) is 7.53. The van der Waals surface area contributed by atoms with Gasteiger partial charge in [-0.3, -0.25) is 4.79 Å². The number of nitrogens with one attached hydrogen (secondary N) is 1. The van der Waals surface area contributed by atoms with Gasteiger partial charge in [0.05, 0.1) is 0 Å². The van der Waals surface area contributed by atoms with Crippen molar-refractivity contribution >= 4 is 5.91 Å². The summed E-state index contributed by atoms with van der Waals surface area (Å²) in [6, 6.07) is 3.62. The first kappa shape index (κ1) is 17.6. The lowest BCUT2D eigenvalue weighted by atomic mass is 9.90. The highest BCUT2D eigenvalue weighted by atomic mass is 19.1. The zero-order chi connectivity index (χ0) is 16.0. The fourth-order valence-electron chi connectivity index (χ4n) is 2.42. The molecule has 4 heteroatoms. The number of rotatable bonds is 7. The summed E-state index contributed by atoms with van der Waals surface area (Å²) in [5, 5.41) is 2.92. The number of aryl methyl sites for hydroxylation is 1. The molecule has 0 aliphatic carbocycles. The summed E-state index contributed by atoms with van der Waals surface area (Å²) < 4.78 is 26.3. The average Bonchev–Trinajstić information content (AvgIpc) is 2.31. The second kappa shape index (κ2) is 8.11. The number of carbonyl (C=O) groups excluding carboxylic acids is 1. The van der Waals surface area contributed by atoms with E-state index in [2.05, 4.69) is 19.2 Å². The van der Waals surface area contributed by atoms with Crippen molar-refractivity contribution in [2.75, 3.05) is 0 Å². The summed E-state index contributed by atoms with van der Waals surface area (Å²) in [5.41, 5.74) is 0.596. The van der Waals surface area contributed by atoms with E-state index in [1.165, 1.54) is 12.1 Å². The number of hydrogen-bond donors (Lipinski definition) is 1. The van der Waals surface area contributed by atoms with Gasteiger partial charge in [-0.15, -0.1) is 0 Å². The summed E-state index contributed by atoms with van der Waals surface area (Å²) in [6.07, 6.45) is 1.87. The van der Waals surface area contributed by atoms with Crippen LogP contribution < -0.4 is 5.32 Å². The van der Waals surface area contributed by atoms with Crippen molar-refractivity contribution < 1.29 is 13.6 Å². The average molecular weight is 297 g/mol. The molecule has 0 radical (unpaired) electrons. The summed E-state index contributed by atoms with van der Waals surface area (Å²) in [5.74, 6) is -0.847. The second-order valence-electron chi connectivity index (χ2n) is 6.31. The fraction of sp³-hybridized carbons (Fsp3) is 0.588. The largest absolute Gasteiger partial charge is 0.354 e. The lowest BCUT2D eigenvalue weighted by Gasteiger charge is -2.20. The van der Waals surface area contributed by atoms with E-state index in [1.54, 1.807) is 0 Å². The molecule has 0 aliphatic heterocycles. The third-order valence-electron chi connectivity index (χ3n) is 3.26. The predicted molar refractivity (Wildman–Crippen MR) is 80.9 cm³/mol. The molecule has 0 heterocycles. The van der Waals surface area contributed by atoms with Crippen LogP contribution in [0.1, 0.15) is 46.1 Å². The van der Waals surface area contributed by atoms with Crippen LogP contribution >= 0.6 is 0 Å². The maximum atomic E-state index is 13.2. The van der Waals surface area contributed by atoms with Crippen molar-refractivity contribution in [2.24, 2.45) is 11.8 Å². The van der Waals surface area contributed by atoms with Crippen molar-refractivity contribution in [3.63, 3.8) is 0 Å². The van der Waals surface area contributed by atoms with E-state index in [4.69, 9.17) is 0 Å². The van der Waals surface area contributed by atoms with Gasteiger partial charge >= 0.3 is 0 Å². The Morgan fingerprint density at radius 1 is 1.10 bits per heavy atom. The maximum absolute atomic E-state index is 13.2. The van der Waals surface area contributed by atoms with Crippen molar-refractivity contribution in [1.82, 2.24) is 5.32 Å². The molecule has 1 atom stereocenters.